The molecule has 0 spiro atoms. The van der Waals surface area contributed by atoms with Crippen molar-refractivity contribution in [2.75, 3.05) is 11.1 Å². The van der Waals surface area contributed by atoms with Gasteiger partial charge in [0.05, 0.1) is 0 Å². The van der Waals surface area contributed by atoms with Crippen LogP contribution < -0.4 is 11.1 Å². The van der Waals surface area contributed by atoms with Gasteiger partial charge in [-0.3, -0.25) is 0 Å². The van der Waals surface area contributed by atoms with E-state index in [9.17, 15) is 5.11 Å². The molecular weight excluding hydrogens is 164 g/mol. The SMILES string of the molecule is CC1(O)C=Cc2cc(N)ccc2N1. The summed E-state index contributed by atoms with van der Waals surface area (Å²) in [7, 11) is 0. The van der Waals surface area contributed by atoms with Crippen LogP contribution in [0.5, 0.6) is 0 Å². The molecule has 3 nitrogen and oxygen atoms in total. The number of aliphatic hydroxyl groups is 1. The van der Waals surface area contributed by atoms with Crippen LogP contribution in [-0.2, 0) is 0 Å². The molecular formula is C10H12N2O. The van der Waals surface area contributed by atoms with E-state index in [1.54, 1.807) is 19.1 Å². The van der Waals surface area contributed by atoms with E-state index in [4.69, 9.17) is 5.73 Å². The fourth-order valence-corrected chi connectivity index (χ4v) is 1.40. The molecule has 1 atom stereocenters. The monoisotopic (exact) mass is 176 g/mol. The largest absolute Gasteiger partial charge is 0.399 e. The maximum Gasteiger partial charge on any atom is 0.152 e. The van der Waals surface area contributed by atoms with E-state index < -0.39 is 5.72 Å². The third-order valence-electron chi connectivity index (χ3n) is 2.05. The molecule has 1 aliphatic heterocycles. The molecule has 1 unspecified atom stereocenters. The second kappa shape index (κ2) is 2.50. The van der Waals surface area contributed by atoms with Crippen LogP contribution in [0.1, 0.15) is 12.5 Å². The Hall–Kier alpha value is -1.48. The predicted octanol–water partition coefficient (Wildman–Crippen LogP) is 1.42. The van der Waals surface area contributed by atoms with Crippen molar-refractivity contribution in [3.63, 3.8) is 0 Å². The van der Waals surface area contributed by atoms with E-state index in [-0.39, 0.29) is 0 Å². The van der Waals surface area contributed by atoms with E-state index in [2.05, 4.69) is 5.32 Å². The topological polar surface area (TPSA) is 58.3 Å². The number of nitrogen functional groups attached to an aromatic ring is 1. The van der Waals surface area contributed by atoms with E-state index >= 15 is 0 Å². The van der Waals surface area contributed by atoms with Gasteiger partial charge in [-0.05, 0) is 36.8 Å². The van der Waals surface area contributed by atoms with Crippen molar-refractivity contribution in [3.05, 3.63) is 29.8 Å². The number of hydrogen-bond acceptors (Lipinski definition) is 3. The number of benzene rings is 1. The smallest absolute Gasteiger partial charge is 0.152 e. The van der Waals surface area contributed by atoms with Gasteiger partial charge in [0, 0.05) is 11.4 Å². The average Bonchev–Trinajstić information content (AvgIpc) is 2.05. The van der Waals surface area contributed by atoms with Gasteiger partial charge in [0.1, 0.15) is 0 Å². The molecule has 0 saturated heterocycles. The summed E-state index contributed by atoms with van der Waals surface area (Å²) in [5.74, 6) is 0. The normalized spacial score (nSPS) is 25.1. The highest BCUT2D eigenvalue weighted by Gasteiger charge is 2.20. The molecule has 0 bridgehead atoms. The molecule has 0 aromatic heterocycles. The van der Waals surface area contributed by atoms with Crippen LogP contribution in [0.3, 0.4) is 0 Å². The molecule has 2 rings (SSSR count). The van der Waals surface area contributed by atoms with Crippen molar-refractivity contribution < 1.29 is 5.11 Å². The van der Waals surface area contributed by atoms with E-state index in [1.807, 2.05) is 18.2 Å². The van der Waals surface area contributed by atoms with Crippen molar-refractivity contribution in [3.8, 4) is 0 Å². The second-order valence-electron chi connectivity index (χ2n) is 3.45. The van der Waals surface area contributed by atoms with Crippen LogP contribution in [0, 0.1) is 0 Å². The van der Waals surface area contributed by atoms with Crippen molar-refractivity contribution in [2.24, 2.45) is 0 Å². The highest BCUT2D eigenvalue weighted by Crippen LogP contribution is 2.28. The minimum Gasteiger partial charge on any atom is -0.399 e. The summed E-state index contributed by atoms with van der Waals surface area (Å²) >= 11 is 0. The molecule has 1 aromatic carbocycles. The summed E-state index contributed by atoms with van der Waals surface area (Å²) in [4.78, 5) is 0. The zero-order valence-electron chi connectivity index (χ0n) is 7.41. The maximum absolute atomic E-state index is 9.66. The van der Waals surface area contributed by atoms with Crippen molar-refractivity contribution in [1.29, 1.82) is 0 Å². The number of nitrogens with two attached hydrogens (primary N) is 1. The highest BCUT2D eigenvalue weighted by atomic mass is 16.3. The maximum atomic E-state index is 9.66. The summed E-state index contributed by atoms with van der Waals surface area (Å²) < 4.78 is 0. The molecule has 68 valence electrons. The van der Waals surface area contributed by atoms with Crippen molar-refractivity contribution in [2.45, 2.75) is 12.6 Å². The molecule has 0 saturated carbocycles. The Morgan fingerprint density at radius 3 is 3.00 bits per heavy atom. The van der Waals surface area contributed by atoms with Crippen LogP contribution >= 0.6 is 0 Å². The third kappa shape index (κ3) is 1.51. The lowest BCUT2D eigenvalue weighted by molar-refractivity contribution is 0.142. The summed E-state index contributed by atoms with van der Waals surface area (Å²) in [6.07, 6.45) is 3.57. The van der Waals surface area contributed by atoms with Crippen LogP contribution in [-0.4, -0.2) is 10.8 Å². The Bertz CT molecular complexity index is 369. The van der Waals surface area contributed by atoms with Crippen LogP contribution in [0.25, 0.3) is 6.08 Å². The lowest BCUT2D eigenvalue weighted by atomic mass is 10.0. The molecule has 4 N–H and O–H groups in total. The lowest BCUT2D eigenvalue weighted by Gasteiger charge is -2.27. The molecule has 1 aromatic rings. The molecule has 0 fully saturated rings. The second-order valence-corrected chi connectivity index (χ2v) is 3.45. The van der Waals surface area contributed by atoms with E-state index in [0.29, 0.717) is 0 Å². The fourth-order valence-electron chi connectivity index (χ4n) is 1.40. The summed E-state index contributed by atoms with van der Waals surface area (Å²) in [6, 6.07) is 5.54. The summed E-state index contributed by atoms with van der Waals surface area (Å²) in [6.45, 7) is 1.70. The van der Waals surface area contributed by atoms with Gasteiger partial charge in [-0.25, -0.2) is 0 Å². The standard InChI is InChI=1S/C10H12N2O/c1-10(13)5-4-7-6-8(11)2-3-9(7)12-10/h2-6,12-13H,11H2,1H3. The van der Waals surface area contributed by atoms with Crippen molar-refractivity contribution >= 4 is 17.5 Å². The molecule has 13 heavy (non-hydrogen) atoms. The molecule has 0 radical (unpaired) electrons. The molecule has 1 aliphatic rings. The Morgan fingerprint density at radius 2 is 2.23 bits per heavy atom. The zero-order chi connectivity index (χ0) is 9.47. The number of nitrogens with one attached hydrogen (secondary N) is 1. The Morgan fingerprint density at radius 1 is 1.46 bits per heavy atom. The first-order valence-corrected chi connectivity index (χ1v) is 4.16. The first kappa shape index (κ1) is 8.13. The van der Waals surface area contributed by atoms with Crippen LogP contribution in [0.4, 0.5) is 11.4 Å². The lowest BCUT2D eigenvalue weighted by Crippen LogP contribution is -2.33. The van der Waals surface area contributed by atoms with E-state index in [1.165, 1.54) is 0 Å². The Kier molecular flexibility index (Phi) is 1.57. The fraction of sp³-hybridized carbons (Fsp3) is 0.200. The summed E-state index contributed by atoms with van der Waals surface area (Å²) in [5.41, 5.74) is 7.31. The van der Waals surface area contributed by atoms with Gasteiger partial charge in [0.15, 0.2) is 5.72 Å². The van der Waals surface area contributed by atoms with Crippen LogP contribution in [0.2, 0.25) is 0 Å². The highest BCUT2D eigenvalue weighted by molar-refractivity contribution is 5.74. The van der Waals surface area contributed by atoms with Gasteiger partial charge >= 0.3 is 0 Å². The Balaban J connectivity index is 2.47. The zero-order valence-corrected chi connectivity index (χ0v) is 7.41. The third-order valence-corrected chi connectivity index (χ3v) is 2.05. The minimum absolute atomic E-state index is 0.728. The molecule has 3 heteroatoms. The predicted molar refractivity (Wildman–Crippen MR) is 54.1 cm³/mol. The van der Waals surface area contributed by atoms with Gasteiger partial charge in [-0.2, -0.15) is 0 Å². The van der Waals surface area contributed by atoms with Crippen LogP contribution in [0.15, 0.2) is 24.3 Å². The van der Waals surface area contributed by atoms with Gasteiger partial charge in [-0.15, -0.1) is 0 Å². The van der Waals surface area contributed by atoms with E-state index in [0.717, 1.165) is 16.9 Å². The number of rotatable bonds is 0. The number of hydrogen-bond donors (Lipinski definition) is 3. The molecule has 0 amide bonds. The first-order valence-electron chi connectivity index (χ1n) is 4.16. The van der Waals surface area contributed by atoms with Gasteiger partial charge in [0.25, 0.3) is 0 Å². The van der Waals surface area contributed by atoms with Gasteiger partial charge < -0.3 is 16.2 Å². The quantitative estimate of drug-likeness (QED) is 0.524. The average molecular weight is 176 g/mol. The van der Waals surface area contributed by atoms with Crippen molar-refractivity contribution in [1.82, 2.24) is 0 Å². The summed E-state index contributed by atoms with van der Waals surface area (Å²) in [5, 5.41) is 12.6. The first-order chi connectivity index (χ1) is 6.07. The van der Waals surface area contributed by atoms with Gasteiger partial charge in [-0.1, -0.05) is 6.08 Å². The Labute approximate surface area is 76.9 Å². The molecule has 0 aliphatic carbocycles. The molecule has 1 heterocycles. The number of anilines is 2. The minimum atomic E-state index is -0.955. The van der Waals surface area contributed by atoms with Gasteiger partial charge in [0.2, 0.25) is 0 Å². The number of fused-ring (bicyclic) bond motifs is 1.